The standard InChI is InChI=1S/C23H36N2O4S/c1-21(2,3)29-20(27)25-11-9-23(10-12-25)14-17-8-7-16(15-26)13-18(17)19(23)24-30(28)22(4,5)6/h7-8,13,19,24,26H,9-12,14-15H2,1-6H3/t19-,30-/m1/s1. The van der Waals surface area contributed by atoms with Crippen LogP contribution in [0, 0.1) is 5.41 Å². The van der Waals surface area contributed by atoms with Gasteiger partial charge < -0.3 is 19.3 Å². The van der Waals surface area contributed by atoms with E-state index in [4.69, 9.17) is 4.74 Å². The topological polar surface area (TPSA) is 84.9 Å². The summed E-state index contributed by atoms with van der Waals surface area (Å²) >= 11 is -1.22. The number of hydrogen-bond donors (Lipinski definition) is 2. The molecule has 0 unspecified atom stereocenters. The highest BCUT2D eigenvalue weighted by Crippen LogP contribution is 2.53. The Labute approximate surface area is 183 Å². The summed E-state index contributed by atoms with van der Waals surface area (Å²) in [5, 5.41) is 9.62. The van der Waals surface area contributed by atoms with Gasteiger partial charge in [-0.3, -0.25) is 0 Å². The van der Waals surface area contributed by atoms with E-state index in [-0.39, 0.29) is 28.9 Å². The lowest BCUT2D eigenvalue weighted by molar-refractivity contribution is 0.00716. The molecule has 1 saturated heterocycles. The summed E-state index contributed by atoms with van der Waals surface area (Å²) in [7, 11) is 0. The normalized spacial score (nSPS) is 22.1. The highest BCUT2D eigenvalue weighted by Gasteiger charge is 2.51. The van der Waals surface area contributed by atoms with Crippen LogP contribution in [-0.4, -0.2) is 44.1 Å². The van der Waals surface area contributed by atoms with Crippen LogP contribution in [0.3, 0.4) is 0 Å². The van der Waals surface area contributed by atoms with Crippen molar-refractivity contribution >= 4 is 17.5 Å². The van der Waals surface area contributed by atoms with Crippen molar-refractivity contribution in [1.82, 2.24) is 9.62 Å². The predicted molar refractivity (Wildman–Crippen MR) is 119 cm³/mol. The van der Waals surface area contributed by atoms with Crippen molar-refractivity contribution in [3.8, 4) is 0 Å². The number of amides is 1. The molecule has 6 nitrogen and oxygen atoms in total. The fraction of sp³-hybridized carbons (Fsp3) is 0.696. The van der Waals surface area contributed by atoms with Crippen LogP contribution in [0.2, 0.25) is 0 Å². The SMILES string of the molecule is CC(C)(C)OC(=O)N1CCC2(CC1)Cc1ccc(CO)cc1[C@H]2N[S@+]([O-])C(C)(C)C. The molecule has 1 fully saturated rings. The quantitative estimate of drug-likeness (QED) is 0.703. The Kier molecular flexibility index (Phi) is 6.50. The van der Waals surface area contributed by atoms with Gasteiger partial charge in [0.25, 0.3) is 0 Å². The summed E-state index contributed by atoms with van der Waals surface area (Å²) < 4.78 is 21.6. The zero-order valence-corrected chi connectivity index (χ0v) is 19.9. The van der Waals surface area contributed by atoms with Gasteiger partial charge in [0, 0.05) is 29.9 Å². The van der Waals surface area contributed by atoms with Gasteiger partial charge in [-0.2, -0.15) is 0 Å². The van der Waals surface area contributed by atoms with E-state index in [9.17, 15) is 14.5 Å². The molecule has 0 aromatic heterocycles. The molecular formula is C23H36N2O4S. The van der Waals surface area contributed by atoms with Crippen molar-refractivity contribution in [2.24, 2.45) is 5.41 Å². The average Bonchev–Trinajstić information content (AvgIpc) is 2.92. The number of benzene rings is 1. The Morgan fingerprint density at radius 2 is 1.90 bits per heavy atom. The van der Waals surface area contributed by atoms with Gasteiger partial charge in [0.1, 0.15) is 10.3 Å². The van der Waals surface area contributed by atoms with Gasteiger partial charge in [0.05, 0.1) is 12.6 Å². The van der Waals surface area contributed by atoms with Crippen LogP contribution in [0.15, 0.2) is 18.2 Å². The molecule has 2 aliphatic rings. The average molecular weight is 437 g/mol. The zero-order valence-electron chi connectivity index (χ0n) is 19.1. The molecule has 0 radical (unpaired) electrons. The first-order chi connectivity index (χ1) is 13.8. The molecule has 1 amide bonds. The fourth-order valence-corrected chi connectivity index (χ4v) is 5.33. The summed E-state index contributed by atoms with van der Waals surface area (Å²) in [4.78, 5) is 14.3. The third-order valence-electron chi connectivity index (χ3n) is 6.05. The smallest absolute Gasteiger partial charge is 0.410 e. The van der Waals surface area contributed by atoms with Gasteiger partial charge >= 0.3 is 6.09 Å². The number of aliphatic hydroxyl groups is 1. The minimum absolute atomic E-state index is 0.0121. The molecule has 30 heavy (non-hydrogen) atoms. The van der Waals surface area contributed by atoms with E-state index in [0.717, 1.165) is 30.4 Å². The maximum Gasteiger partial charge on any atom is 0.410 e. The fourth-order valence-electron chi connectivity index (χ4n) is 4.38. The monoisotopic (exact) mass is 436 g/mol. The lowest BCUT2D eigenvalue weighted by Crippen LogP contribution is -2.51. The second-order valence-corrected chi connectivity index (χ2v) is 12.6. The third-order valence-corrected chi connectivity index (χ3v) is 7.61. The minimum atomic E-state index is -1.22. The highest BCUT2D eigenvalue weighted by atomic mass is 32.2. The lowest BCUT2D eigenvalue weighted by Gasteiger charge is -2.43. The van der Waals surface area contributed by atoms with E-state index < -0.39 is 17.0 Å². The summed E-state index contributed by atoms with van der Waals surface area (Å²) in [5.41, 5.74) is 2.62. The van der Waals surface area contributed by atoms with E-state index >= 15 is 0 Å². The number of fused-ring (bicyclic) bond motifs is 1. The van der Waals surface area contributed by atoms with Crippen LogP contribution in [0.5, 0.6) is 0 Å². The molecular weight excluding hydrogens is 400 g/mol. The molecule has 1 heterocycles. The Hall–Kier alpha value is -1.28. The van der Waals surface area contributed by atoms with Gasteiger partial charge in [-0.05, 0) is 77.5 Å². The first-order valence-corrected chi connectivity index (χ1v) is 11.9. The van der Waals surface area contributed by atoms with Crippen molar-refractivity contribution in [2.75, 3.05) is 13.1 Å². The first kappa shape index (κ1) is 23.4. The van der Waals surface area contributed by atoms with Crippen LogP contribution >= 0.6 is 0 Å². The molecule has 2 N–H and O–H groups in total. The van der Waals surface area contributed by atoms with Gasteiger partial charge in [0.15, 0.2) is 0 Å². The molecule has 1 aromatic carbocycles. The number of aliphatic hydroxyl groups excluding tert-OH is 1. The second-order valence-electron chi connectivity index (χ2n) is 10.6. The van der Waals surface area contributed by atoms with E-state index in [1.54, 1.807) is 4.90 Å². The van der Waals surface area contributed by atoms with Crippen molar-refractivity contribution in [3.05, 3.63) is 34.9 Å². The van der Waals surface area contributed by atoms with Gasteiger partial charge in [0.2, 0.25) is 0 Å². The van der Waals surface area contributed by atoms with Crippen LogP contribution in [-0.2, 0) is 29.1 Å². The molecule has 1 aliphatic carbocycles. The minimum Gasteiger partial charge on any atom is -0.598 e. The van der Waals surface area contributed by atoms with Gasteiger partial charge in [-0.25, -0.2) is 4.79 Å². The van der Waals surface area contributed by atoms with Gasteiger partial charge in [-0.15, -0.1) is 4.72 Å². The largest absolute Gasteiger partial charge is 0.598 e. The lowest BCUT2D eigenvalue weighted by atomic mass is 9.73. The molecule has 3 rings (SSSR count). The number of nitrogens with zero attached hydrogens (tertiary/aromatic N) is 1. The molecule has 1 aromatic rings. The number of likely N-dealkylation sites (tertiary alicyclic amines) is 1. The summed E-state index contributed by atoms with van der Waals surface area (Å²) in [6.07, 6.45) is 2.25. The Morgan fingerprint density at radius 3 is 2.43 bits per heavy atom. The number of carbonyl (C=O) groups is 1. The number of rotatable bonds is 3. The van der Waals surface area contributed by atoms with Gasteiger partial charge in [-0.1, -0.05) is 18.2 Å². The van der Waals surface area contributed by atoms with E-state index in [1.807, 2.05) is 53.7 Å². The molecule has 2 atom stereocenters. The van der Waals surface area contributed by atoms with Crippen molar-refractivity contribution in [3.63, 3.8) is 0 Å². The summed E-state index contributed by atoms with van der Waals surface area (Å²) in [6, 6.07) is 6.03. The number of carbonyl (C=O) groups excluding carboxylic acids is 1. The van der Waals surface area contributed by atoms with E-state index in [0.29, 0.717) is 13.1 Å². The van der Waals surface area contributed by atoms with Crippen LogP contribution in [0.4, 0.5) is 4.79 Å². The van der Waals surface area contributed by atoms with Crippen LogP contribution in [0.25, 0.3) is 0 Å². The number of hydrogen-bond acceptors (Lipinski definition) is 5. The Morgan fingerprint density at radius 1 is 1.27 bits per heavy atom. The van der Waals surface area contributed by atoms with Crippen molar-refractivity contribution in [2.45, 2.75) is 83.8 Å². The number of piperidine rings is 1. The maximum absolute atomic E-state index is 13.0. The van der Waals surface area contributed by atoms with E-state index in [2.05, 4.69) is 10.8 Å². The van der Waals surface area contributed by atoms with Crippen LogP contribution < -0.4 is 4.72 Å². The molecule has 168 valence electrons. The summed E-state index contributed by atoms with van der Waals surface area (Å²) in [6.45, 7) is 12.8. The van der Waals surface area contributed by atoms with Crippen molar-refractivity contribution in [1.29, 1.82) is 0 Å². The highest BCUT2D eigenvalue weighted by molar-refractivity contribution is 7.90. The molecule has 7 heteroatoms. The number of nitrogens with one attached hydrogen (secondary N) is 1. The molecule has 1 spiro atoms. The maximum atomic E-state index is 13.0. The second kappa shape index (κ2) is 8.34. The van der Waals surface area contributed by atoms with Crippen molar-refractivity contribution < 1.29 is 19.2 Å². The molecule has 1 aliphatic heterocycles. The first-order valence-electron chi connectivity index (χ1n) is 10.7. The van der Waals surface area contributed by atoms with E-state index in [1.165, 1.54) is 5.56 Å². The molecule has 0 saturated carbocycles. The zero-order chi connectivity index (χ0) is 22.3. The Balaban J connectivity index is 1.83. The predicted octanol–water partition coefficient (Wildman–Crippen LogP) is 3.85. The third kappa shape index (κ3) is 4.96. The molecule has 0 bridgehead atoms. The van der Waals surface area contributed by atoms with Crippen LogP contribution in [0.1, 0.15) is 77.1 Å². The summed E-state index contributed by atoms with van der Waals surface area (Å²) in [5.74, 6) is 0. The Bertz CT molecular complexity index is 776. The number of ether oxygens (including phenoxy) is 1.